The zero-order valence-electron chi connectivity index (χ0n) is 16.9. The highest BCUT2D eigenvalue weighted by Gasteiger charge is 2.24. The van der Waals surface area contributed by atoms with E-state index >= 15 is 0 Å². The van der Waals surface area contributed by atoms with E-state index in [-0.39, 0.29) is 6.03 Å². The molecule has 0 spiro atoms. The van der Waals surface area contributed by atoms with Gasteiger partial charge >= 0.3 is 6.03 Å². The van der Waals surface area contributed by atoms with Crippen LogP contribution in [0.4, 0.5) is 4.79 Å². The van der Waals surface area contributed by atoms with Crippen molar-refractivity contribution in [2.24, 2.45) is 5.92 Å². The molecule has 2 aromatic carbocycles. The van der Waals surface area contributed by atoms with Gasteiger partial charge in [0.25, 0.3) is 0 Å². The van der Waals surface area contributed by atoms with Crippen molar-refractivity contribution < 1.29 is 9.53 Å². The number of fused-ring (bicyclic) bond motifs is 1. The summed E-state index contributed by atoms with van der Waals surface area (Å²) in [4.78, 5) is 22.7. The second-order valence-corrected chi connectivity index (χ2v) is 7.65. The third-order valence-corrected chi connectivity index (χ3v) is 5.59. The number of aromatic amines is 1. The maximum absolute atomic E-state index is 12.6. The summed E-state index contributed by atoms with van der Waals surface area (Å²) in [5, 5.41) is 3.07. The lowest BCUT2D eigenvalue weighted by molar-refractivity contribution is 0.165. The van der Waals surface area contributed by atoms with E-state index in [1.807, 2.05) is 53.4 Å². The number of ether oxygens (including phenoxy) is 1. The Labute approximate surface area is 171 Å². The summed E-state index contributed by atoms with van der Waals surface area (Å²) in [6.45, 7) is 2.19. The second kappa shape index (κ2) is 8.99. The molecule has 3 aromatic rings. The SMILES string of the molecule is COc1ccccc1CCNC(=O)N1CCCC(Cc2nc3ccccc3[nH]2)C1. The normalized spacial score (nSPS) is 16.7. The standard InChI is InChI=1S/C23H28N4O2/c1-29-21-11-5-2-8-18(21)12-13-24-23(28)27-14-6-7-17(16-27)15-22-25-19-9-3-4-10-20(19)26-22/h2-5,8-11,17H,6-7,12-16H2,1H3,(H,24,28)(H,25,26). The van der Waals surface area contributed by atoms with Gasteiger partial charge in [-0.2, -0.15) is 0 Å². The zero-order valence-corrected chi connectivity index (χ0v) is 16.9. The number of nitrogens with one attached hydrogen (secondary N) is 2. The second-order valence-electron chi connectivity index (χ2n) is 7.65. The quantitative estimate of drug-likeness (QED) is 0.671. The number of carbonyl (C=O) groups is 1. The van der Waals surface area contributed by atoms with Crippen molar-refractivity contribution in [3.05, 3.63) is 59.9 Å². The molecule has 152 valence electrons. The number of piperidine rings is 1. The minimum absolute atomic E-state index is 0.0224. The molecule has 29 heavy (non-hydrogen) atoms. The highest BCUT2D eigenvalue weighted by atomic mass is 16.5. The third-order valence-electron chi connectivity index (χ3n) is 5.59. The molecule has 2 amide bonds. The van der Waals surface area contributed by atoms with Crippen molar-refractivity contribution in [2.75, 3.05) is 26.7 Å². The largest absolute Gasteiger partial charge is 0.496 e. The summed E-state index contributed by atoms with van der Waals surface area (Å²) in [5.74, 6) is 2.31. The van der Waals surface area contributed by atoms with E-state index in [4.69, 9.17) is 4.74 Å². The van der Waals surface area contributed by atoms with Gasteiger partial charge < -0.3 is 19.9 Å². The molecule has 2 N–H and O–H groups in total. The lowest BCUT2D eigenvalue weighted by Gasteiger charge is -2.32. The van der Waals surface area contributed by atoms with Crippen LogP contribution in [0.15, 0.2) is 48.5 Å². The predicted octanol–water partition coefficient (Wildman–Crippen LogP) is 3.78. The molecule has 4 rings (SSSR count). The molecule has 0 radical (unpaired) electrons. The summed E-state index contributed by atoms with van der Waals surface area (Å²) in [6.07, 6.45) is 3.79. The van der Waals surface area contributed by atoms with Crippen molar-refractivity contribution in [1.82, 2.24) is 20.2 Å². The molecule has 0 aliphatic carbocycles. The molecule has 1 saturated heterocycles. The Kier molecular flexibility index (Phi) is 5.98. The molecule has 0 saturated carbocycles. The highest BCUT2D eigenvalue weighted by molar-refractivity contribution is 5.75. The van der Waals surface area contributed by atoms with Crippen LogP contribution in [0.2, 0.25) is 0 Å². The first-order chi connectivity index (χ1) is 14.2. The Morgan fingerprint density at radius 1 is 1.24 bits per heavy atom. The molecule has 0 bridgehead atoms. The Morgan fingerprint density at radius 3 is 2.93 bits per heavy atom. The smallest absolute Gasteiger partial charge is 0.317 e. The average Bonchev–Trinajstić information content (AvgIpc) is 3.16. The van der Waals surface area contributed by atoms with E-state index in [1.54, 1.807) is 7.11 Å². The van der Waals surface area contributed by atoms with E-state index in [9.17, 15) is 4.79 Å². The molecule has 1 unspecified atom stereocenters. The Bertz CT molecular complexity index is 935. The number of hydrogen-bond acceptors (Lipinski definition) is 3. The number of hydrogen-bond donors (Lipinski definition) is 2. The number of rotatable bonds is 6. The van der Waals surface area contributed by atoms with Gasteiger partial charge in [-0.25, -0.2) is 9.78 Å². The van der Waals surface area contributed by atoms with E-state index in [1.165, 1.54) is 0 Å². The highest BCUT2D eigenvalue weighted by Crippen LogP contribution is 2.22. The van der Waals surface area contributed by atoms with Crippen LogP contribution in [-0.2, 0) is 12.8 Å². The van der Waals surface area contributed by atoms with Crippen molar-refractivity contribution in [2.45, 2.75) is 25.7 Å². The van der Waals surface area contributed by atoms with Gasteiger partial charge in [-0.05, 0) is 48.9 Å². The number of likely N-dealkylation sites (tertiary alicyclic amines) is 1. The van der Waals surface area contributed by atoms with Crippen LogP contribution in [-0.4, -0.2) is 47.6 Å². The van der Waals surface area contributed by atoms with Gasteiger partial charge in [0.05, 0.1) is 18.1 Å². The van der Waals surface area contributed by atoms with Crippen LogP contribution in [0.25, 0.3) is 11.0 Å². The first-order valence-electron chi connectivity index (χ1n) is 10.3. The van der Waals surface area contributed by atoms with Gasteiger partial charge in [0.15, 0.2) is 0 Å². The fraction of sp³-hybridized carbons (Fsp3) is 0.391. The molecular formula is C23H28N4O2. The first kappa shape index (κ1) is 19.3. The number of H-pyrrole nitrogens is 1. The first-order valence-corrected chi connectivity index (χ1v) is 10.3. The maximum atomic E-state index is 12.6. The third kappa shape index (κ3) is 4.70. The number of methoxy groups -OCH3 is 1. The van der Waals surface area contributed by atoms with E-state index < -0.39 is 0 Å². The van der Waals surface area contributed by atoms with Crippen molar-refractivity contribution in [3.8, 4) is 5.75 Å². The van der Waals surface area contributed by atoms with Gasteiger partial charge in [0, 0.05) is 26.1 Å². The number of nitrogens with zero attached hydrogens (tertiary/aromatic N) is 2. The number of amides is 2. The van der Waals surface area contributed by atoms with Crippen molar-refractivity contribution in [3.63, 3.8) is 0 Å². The number of carbonyl (C=O) groups excluding carboxylic acids is 1. The number of para-hydroxylation sites is 3. The van der Waals surface area contributed by atoms with Crippen LogP contribution in [0.3, 0.4) is 0 Å². The molecule has 6 nitrogen and oxygen atoms in total. The summed E-state index contributed by atoms with van der Waals surface area (Å²) in [6, 6.07) is 16.1. The van der Waals surface area contributed by atoms with Crippen LogP contribution >= 0.6 is 0 Å². The number of imidazole rings is 1. The van der Waals surface area contributed by atoms with Crippen LogP contribution in [0, 0.1) is 5.92 Å². The van der Waals surface area contributed by atoms with Gasteiger partial charge in [0.1, 0.15) is 11.6 Å². The lowest BCUT2D eigenvalue weighted by Crippen LogP contribution is -2.46. The minimum Gasteiger partial charge on any atom is -0.496 e. The fourth-order valence-corrected chi connectivity index (χ4v) is 4.12. The molecule has 1 fully saturated rings. The molecule has 2 heterocycles. The predicted molar refractivity (Wildman–Crippen MR) is 114 cm³/mol. The van der Waals surface area contributed by atoms with Gasteiger partial charge in [-0.3, -0.25) is 0 Å². The minimum atomic E-state index is 0.0224. The van der Waals surface area contributed by atoms with Gasteiger partial charge in [-0.1, -0.05) is 30.3 Å². The number of urea groups is 1. The monoisotopic (exact) mass is 392 g/mol. The molecule has 1 aliphatic rings. The maximum Gasteiger partial charge on any atom is 0.317 e. The van der Waals surface area contributed by atoms with E-state index in [0.717, 1.165) is 66.9 Å². The van der Waals surface area contributed by atoms with E-state index in [0.29, 0.717) is 12.5 Å². The van der Waals surface area contributed by atoms with Gasteiger partial charge in [-0.15, -0.1) is 0 Å². The molecule has 1 atom stereocenters. The van der Waals surface area contributed by atoms with Crippen LogP contribution < -0.4 is 10.1 Å². The number of aromatic nitrogens is 2. The Hall–Kier alpha value is -3.02. The van der Waals surface area contributed by atoms with Crippen molar-refractivity contribution >= 4 is 17.1 Å². The molecular weight excluding hydrogens is 364 g/mol. The van der Waals surface area contributed by atoms with E-state index in [2.05, 4.69) is 15.3 Å². The average molecular weight is 393 g/mol. The van der Waals surface area contributed by atoms with Gasteiger partial charge in [0.2, 0.25) is 0 Å². The Morgan fingerprint density at radius 2 is 2.07 bits per heavy atom. The molecule has 6 heteroatoms. The summed E-state index contributed by atoms with van der Waals surface area (Å²) < 4.78 is 5.38. The topological polar surface area (TPSA) is 70.2 Å². The van der Waals surface area contributed by atoms with Crippen LogP contribution in [0.1, 0.15) is 24.2 Å². The fourth-order valence-electron chi connectivity index (χ4n) is 4.12. The number of benzene rings is 2. The molecule has 1 aromatic heterocycles. The Balaban J connectivity index is 1.29. The summed E-state index contributed by atoms with van der Waals surface area (Å²) >= 11 is 0. The summed E-state index contributed by atoms with van der Waals surface area (Å²) in [5.41, 5.74) is 3.19. The zero-order chi connectivity index (χ0) is 20.1. The van der Waals surface area contributed by atoms with Crippen LogP contribution in [0.5, 0.6) is 5.75 Å². The lowest BCUT2D eigenvalue weighted by atomic mass is 9.95. The molecule has 1 aliphatic heterocycles. The summed E-state index contributed by atoms with van der Waals surface area (Å²) in [7, 11) is 1.67. The van der Waals surface area contributed by atoms with Crippen molar-refractivity contribution in [1.29, 1.82) is 0 Å².